The fourth-order valence-electron chi connectivity index (χ4n) is 3.42. The summed E-state index contributed by atoms with van der Waals surface area (Å²) in [6.07, 6.45) is 0.403. The summed E-state index contributed by atoms with van der Waals surface area (Å²) in [5.41, 5.74) is 5.25. The Hall–Kier alpha value is -2.95. The van der Waals surface area contributed by atoms with Crippen molar-refractivity contribution >= 4 is 11.6 Å². The molecule has 0 saturated carbocycles. The van der Waals surface area contributed by atoms with Crippen LogP contribution in [0.15, 0.2) is 47.0 Å². The third-order valence-electron chi connectivity index (χ3n) is 4.85. The number of hydrogen-bond donors (Lipinski definition) is 0. The lowest BCUT2D eigenvalue weighted by Gasteiger charge is -2.19. The maximum Gasteiger partial charge on any atom is 0.257 e. The van der Waals surface area contributed by atoms with Crippen molar-refractivity contribution in [2.45, 2.75) is 33.1 Å². The molecule has 0 spiro atoms. The topological polar surface area (TPSA) is 59.2 Å². The zero-order valence-corrected chi connectivity index (χ0v) is 15.2. The predicted molar refractivity (Wildman–Crippen MR) is 100 cm³/mol. The van der Waals surface area contributed by atoms with Gasteiger partial charge < -0.3 is 9.42 Å². The number of rotatable bonds is 3. The van der Waals surface area contributed by atoms with Gasteiger partial charge in [0, 0.05) is 30.1 Å². The number of carbonyl (C=O) groups is 1. The van der Waals surface area contributed by atoms with Gasteiger partial charge >= 0.3 is 0 Å². The average Bonchev–Trinajstić information content (AvgIpc) is 3.24. The molecule has 1 unspecified atom stereocenters. The van der Waals surface area contributed by atoms with Crippen molar-refractivity contribution in [1.29, 1.82) is 0 Å². The van der Waals surface area contributed by atoms with Crippen LogP contribution in [0.4, 0.5) is 5.69 Å². The standard InChI is InChI=1S/C21H21N3O2/c1-13-5-4-6-16(9-13)21-22-20(23-26-21)17-11-19(25)24(12-17)18-10-14(2)7-8-15(18)3/h4-10,17H,11-12H2,1-3H3. The first kappa shape index (κ1) is 16.5. The smallest absolute Gasteiger partial charge is 0.257 e. The van der Waals surface area contributed by atoms with Crippen LogP contribution in [0.25, 0.3) is 11.5 Å². The minimum absolute atomic E-state index is 0.0512. The average molecular weight is 347 g/mol. The summed E-state index contributed by atoms with van der Waals surface area (Å²) >= 11 is 0. The molecule has 1 atom stereocenters. The van der Waals surface area contributed by atoms with E-state index >= 15 is 0 Å². The Kier molecular flexibility index (Phi) is 4.07. The highest BCUT2D eigenvalue weighted by atomic mass is 16.5. The van der Waals surface area contributed by atoms with Crippen LogP contribution in [0.2, 0.25) is 0 Å². The molecule has 1 aliphatic rings. The van der Waals surface area contributed by atoms with Gasteiger partial charge in [-0.2, -0.15) is 4.98 Å². The molecule has 1 fully saturated rings. The van der Waals surface area contributed by atoms with Gasteiger partial charge in [-0.15, -0.1) is 0 Å². The van der Waals surface area contributed by atoms with Gasteiger partial charge in [-0.05, 0) is 50.1 Å². The van der Waals surface area contributed by atoms with E-state index in [-0.39, 0.29) is 11.8 Å². The van der Waals surface area contributed by atoms with Crippen LogP contribution < -0.4 is 4.90 Å². The van der Waals surface area contributed by atoms with Gasteiger partial charge in [0.15, 0.2) is 5.82 Å². The molecule has 132 valence electrons. The van der Waals surface area contributed by atoms with Gasteiger partial charge in [-0.3, -0.25) is 4.79 Å². The number of anilines is 1. The van der Waals surface area contributed by atoms with E-state index in [1.807, 2.05) is 49.9 Å². The quantitative estimate of drug-likeness (QED) is 0.713. The normalized spacial score (nSPS) is 17.1. The van der Waals surface area contributed by atoms with E-state index in [2.05, 4.69) is 28.3 Å². The van der Waals surface area contributed by atoms with Crippen LogP contribution in [-0.2, 0) is 4.79 Å². The van der Waals surface area contributed by atoms with E-state index in [0.717, 1.165) is 27.9 Å². The second kappa shape index (κ2) is 6.41. The highest BCUT2D eigenvalue weighted by molar-refractivity contribution is 5.97. The predicted octanol–water partition coefficient (Wildman–Crippen LogP) is 4.18. The van der Waals surface area contributed by atoms with Crippen molar-refractivity contribution < 1.29 is 9.32 Å². The summed E-state index contributed by atoms with van der Waals surface area (Å²) < 4.78 is 5.45. The lowest BCUT2D eigenvalue weighted by molar-refractivity contribution is -0.117. The molecule has 26 heavy (non-hydrogen) atoms. The number of hydrogen-bond acceptors (Lipinski definition) is 4. The third-order valence-corrected chi connectivity index (χ3v) is 4.85. The summed E-state index contributed by atoms with van der Waals surface area (Å²) in [5.74, 6) is 1.15. The van der Waals surface area contributed by atoms with Crippen LogP contribution in [0, 0.1) is 20.8 Å². The van der Waals surface area contributed by atoms with E-state index in [0.29, 0.717) is 24.7 Å². The largest absolute Gasteiger partial charge is 0.334 e. The number of amides is 1. The number of nitrogens with zero attached hydrogens (tertiary/aromatic N) is 3. The number of aryl methyl sites for hydroxylation is 3. The molecule has 2 aromatic carbocycles. The first-order valence-electron chi connectivity index (χ1n) is 8.79. The summed E-state index contributed by atoms with van der Waals surface area (Å²) in [4.78, 5) is 19.0. The van der Waals surface area contributed by atoms with E-state index < -0.39 is 0 Å². The Morgan fingerprint density at radius 3 is 2.69 bits per heavy atom. The molecule has 1 amide bonds. The second-order valence-corrected chi connectivity index (χ2v) is 7.02. The molecule has 3 aromatic rings. The SMILES string of the molecule is Cc1cccc(-c2nc(C3CC(=O)N(c4cc(C)ccc4C)C3)no2)c1. The van der Waals surface area contributed by atoms with E-state index in [9.17, 15) is 4.79 Å². The van der Waals surface area contributed by atoms with Gasteiger partial charge in [0.05, 0.1) is 0 Å². The highest BCUT2D eigenvalue weighted by Crippen LogP contribution is 2.33. The monoisotopic (exact) mass is 347 g/mol. The molecule has 4 rings (SSSR count). The van der Waals surface area contributed by atoms with Crippen molar-refractivity contribution in [2.24, 2.45) is 0 Å². The van der Waals surface area contributed by atoms with E-state index in [4.69, 9.17) is 4.52 Å². The summed E-state index contributed by atoms with van der Waals surface area (Å²) in [6, 6.07) is 14.1. The third kappa shape index (κ3) is 3.01. The fourth-order valence-corrected chi connectivity index (χ4v) is 3.42. The molecule has 1 aromatic heterocycles. The van der Waals surface area contributed by atoms with Crippen LogP contribution >= 0.6 is 0 Å². The zero-order chi connectivity index (χ0) is 18.3. The molecular weight excluding hydrogens is 326 g/mol. The Labute approximate surface area is 152 Å². The molecule has 5 nitrogen and oxygen atoms in total. The van der Waals surface area contributed by atoms with Crippen LogP contribution in [0.3, 0.4) is 0 Å². The van der Waals surface area contributed by atoms with E-state index in [1.165, 1.54) is 0 Å². The maximum atomic E-state index is 12.6. The van der Waals surface area contributed by atoms with E-state index in [1.54, 1.807) is 0 Å². The molecule has 0 N–H and O–H groups in total. The van der Waals surface area contributed by atoms with Crippen LogP contribution in [-0.4, -0.2) is 22.6 Å². The van der Waals surface area contributed by atoms with Crippen LogP contribution in [0.1, 0.15) is 34.9 Å². The zero-order valence-electron chi connectivity index (χ0n) is 15.2. The lowest BCUT2D eigenvalue weighted by Crippen LogP contribution is -2.25. The summed E-state index contributed by atoms with van der Waals surface area (Å²) in [5, 5.41) is 4.14. The van der Waals surface area contributed by atoms with Crippen molar-refractivity contribution in [1.82, 2.24) is 10.1 Å². The molecule has 1 aliphatic heterocycles. The van der Waals surface area contributed by atoms with Crippen molar-refractivity contribution in [3.63, 3.8) is 0 Å². The number of benzene rings is 2. The van der Waals surface area contributed by atoms with Gasteiger partial charge in [-0.1, -0.05) is 35.0 Å². The van der Waals surface area contributed by atoms with Crippen molar-refractivity contribution in [2.75, 3.05) is 11.4 Å². The van der Waals surface area contributed by atoms with Gasteiger partial charge in [0.1, 0.15) is 0 Å². The molecule has 0 aliphatic carbocycles. The van der Waals surface area contributed by atoms with Crippen molar-refractivity contribution in [3.8, 4) is 11.5 Å². The first-order chi connectivity index (χ1) is 12.5. The highest BCUT2D eigenvalue weighted by Gasteiger charge is 2.35. The maximum absolute atomic E-state index is 12.6. The minimum Gasteiger partial charge on any atom is -0.334 e. The van der Waals surface area contributed by atoms with Crippen molar-refractivity contribution in [3.05, 3.63) is 65.0 Å². The van der Waals surface area contributed by atoms with Crippen LogP contribution in [0.5, 0.6) is 0 Å². The fraction of sp³-hybridized carbons (Fsp3) is 0.286. The molecule has 0 radical (unpaired) electrons. The minimum atomic E-state index is -0.0512. The lowest BCUT2D eigenvalue weighted by atomic mass is 10.1. The van der Waals surface area contributed by atoms with Gasteiger partial charge in [0.25, 0.3) is 5.89 Å². The Bertz CT molecular complexity index is 977. The molecular formula is C21H21N3O2. The first-order valence-corrected chi connectivity index (χ1v) is 8.79. The molecule has 2 heterocycles. The summed E-state index contributed by atoms with van der Waals surface area (Å²) in [7, 11) is 0. The van der Waals surface area contributed by atoms with Gasteiger partial charge in [-0.25, -0.2) is 0 Å². The Morgan fingerprint density at radius 2 is 1.88 bits per heavy atom. The molecule has 1 saturated heterocycles. The Morgan fingerprint density at radius 1 is 1.08 bits per heavy atom. The molecule has 5 heteroatoms. The summed E-state index contributed by atoms with van der Waals surface area (Å²) in [6.45, 7) is 6.67. The number of aromatic nitrogens is 2. The molecule has 0 bridgehead atoms. The second-order valence-electron chi connectivity index (χ2n) is 7.02. The Balaban J connectivity index is 1.59. The number of carbonyl (C=O) groups excluding carboxylic acids is 1. The van der Waals surface area contributed by atoms with Gasteiger partial charge in [0.2, 0.25) is 5.91 Å².